The van der Waals surface area contributed by atoms with Crippen molar-refractivity contribution in [2.24, 2.45) is 0 Å². The molecule has 1 aliphatic carbocycles. The second-order valence-electron chi connectivity index (χ2n) is 16.2. The summed E-state index contributed by atoms with van der Waals surface area (Å²) in [6, 6.07) is 0. The fourth-order valence-electron chi connectivity index (χ4n) is 6.63. The smallest absolute Gasteiger partial charge is 0.457 e. The van der Waals surface area contributed by atoms with Gasteiger partial charge in [0.05, 0.1) is 13.2 Å². The first-order valence-electron chi connectivity index (χ1n) is 24.1. The van der Waals surface area contributed by atoms with Gasteiger partial charge in [-0.1, -0.05) is 156 Å². The normalized spacial score (nSPS) is 22.6. The number of carbonyl (C=O) groups is 1. The highest BCUT2D eigenvalue weighted by Crippen LogP contribution is 2.47. The molecule has 366 valence electrons. The molecule has 0 bridgehead atoms. The molecule has 0 heterocycles. The lowest BCUT2D eigenvalue weighted by atomic mass is 9.85. The van der Waals surface area contributed by atoms with Crippen molar-refractivity contribution in [3.05, 3.63) is 97.2 Å². The van der Waals surface area contributed by atoms with E-state index in [-0.39, 0.29) is 13.0 Å². The van der Waals surface area contributed by atoms with Crippen LogP contribution < -0.4 is 0 Å². The van der Waals surface area contributed by atoms with Crippen molar-refractivity contribution in [2.75, 3.05) is 19.8 Å². The topological polar surface area (TPSA) is 192 Å². The summed E-state index contributed by atoms with van der Waals surface area (Å²) in [4.78, 5) is 23.2. The van der Waals surface area contributed by atoms with Gasteiger partial charge in [-0.15, -0.1) is 0 Å². The quantitative estimate of drug-likeness (QED) is 0.0148. The minimum absolute atomic E-state index is 0.0989. The Morgan fingerprint density at radius 2 is 0.922 bits per heavy atom. The number of esters is 1. The van der Waals surface area contributed by atoms with Crippen LogP contribution in [0.1, 0.15) is 155 Å². The van der Waals surface area contributed by atoms with Crippen LogP contribution in [0.2, 0.25) is 0 Å². The lowest BCUT2D eigenvalue weighted by Crippen LogP contribution is -2.64. The summed E-state index contributed by atoms with van der Waals surface area (Å²) >= 11 is 0. The second-order valence-corrected chi connectivity index (χ2v) is 17.6. The van der Waals surface area contributed by atoms with Crippen LogP contribution in [0.4, 0.5) is 0 Å². The van der Waals surface area contributed by atoms with Gasteiger partial charge in [0.2, 0.25) is 0 Å². The Morgan fingerprint density at radius 1 is 0.516 bits per heavy atom. The average molecular weight is 921 g/mol. The number of hydrogen-bond acceptors (Lipinski definition) is 11. The molecule has 1 fully saturated rings. The standard InChI is InChI=1S/C51H85O12P/c1-3-5-7-9-11-13-15-17-19-21-22-23-25-27-29-31-33-35-37-39-41-60-42-44(43-61-64(58,59)63-51-49(56)47(54)46(53)48(55)50(51)57)62-45(52)40-38-36-34-32-30-28-26-24-20-18-16-14-12-10-8-6-4-2/h6,8,11-14,17-20,22-23,26,28,32,34,44,46-51,53-57H,3-5,7,9-10,15-16,21,24-25,27,29-31,33,35-43H2,1-2H3,(H,58,59)/b8-6-,13-11-,14-12-,19-17-,20-18-,23-22-,28-26-,34-32-. The van der Waals surface area contributed by atoms with Gasteiger partial charge in [0.1, 0.15) is 42.7 Å². The van der Waals surface area contributed by atoms with Crippen LogP contribution in [0.15, 0.2) is 97.2 Å². The molecule has 1 saturated carbocycles. The van der Waals surface area contributed by atoms with E-state index in [1.165, 1.54) is 44.9 Å². The molecule has 0 spiro atoms. The summed E-state index contributed by atoms with van der Waals surface area (Å²) in [5, 5.41) is 50.2. The molecular weight excluding hydrogens is 836 g/mol. The summed E-state index contributed by atoms with van der Waals surface area (Å²) in [6.07, 6.45) is 43.3. The van der Waals surface area contributed by atoms with Gasteiger partial charge in [-0.05, 0) is 89.9 Å². The van der Waals surface area contributed by atoms with Crippen LogP contribution in [0, 0.1) is 0 Å². The van der Waals surface area contributed by atoms with Gasteiger partial charge in [0.15, 0.2) is 0 Å². The molecule has 6 unspecified atom stereocenters. The highest BCUT2D eigenvalue weighted by Gasteiger charge is 2.51. The van der Waals surface area contributed by atoms with Gasteiger partial charge >= 0.3 is 13.8 Å². The van der Waals surface area contributed by atoms with Crippen LogP contribution in [-0.2, 0) is 27.9 Å². The number of phosphoric acid groups is 1. The predicted octanol–water partition coefficient (Wildman–Crippen LogP) is 10.3. The minimum atomic E-state index is -5.05. The van der Waals surface area contributed by atoms with Crippen LogP contribution in [0.3, 0.4) is 0 Å². The lowest BCUT2D eigenvalue weighted by Gasteiger charge is -2.41. The number of phosphoric ester groups is 1. The van der Waals surface area contributed by atoms with E-state index in [2.05, 4.69) is 98.9 Å². The Kier molecular flexibility index (Phi) is 37.5. The van der Waals surface area contributed by atoms with E-state index < -0.39 is 63.1 Å². The van der Waals surface area contributed by atoms with E-state index in [9.17, 15) is 39.8 Å². The van der Waals surface area contributed by atoms with Crippen LogP contribution in [0.5, 0.6) is 0 Å². The molecule has 13 heteroatoms. The van der Waals surface area contributed by atoms with Crippen molar-refractivity contribution in [1.29, 1.82) is 0 Å². The Labute approximate surface area is 385 Å². The number of rotatable bonds is 39. The van der Waals surface area contributed by atoms with Gasteiger partial charge in [0, 0.05) is 13.0 Å². The molecule has 1 aliphatic rings. The molecule has 12 nitrogen and oxygen atoms in total. The van der Waals surface area contributed by atoms with Gasteiger partial charge in [-0.2, -0.15) is 0 Å². The largest absolute Gasteiger partial charge is 0.472 e. The van der Waals surface area contributed by atoms with Crippen molar-refractivity contribution in [3.63, 3.8) is 0 Å². The zero-order chi connectivity index (χ0) is 46.9. The summed E-state index contributed by atoms with van der Waals surface area (Å²) in [6.45, 7) is 4.02. The third-order valence-corrected chi connectivity index (χ3v) is 11.4. The van der Waals surface area contributed by atoms with Gasteiger partial charge in [-0.25, -0.2) is 4.57 Å². The van der Waals surface area contributed by atoms with E-state index in [1.807, 2.05) is 12.2 Å². The minimum Gasteiger partial charge on any atom is -0.457 e. The van der Waals surface area contributed by atoms with E-state index in [1.54, 1.807) is 0 Å². The van der Waals surface area contributed by atoms with Gasteiger partial charge in [-0.3, -0.25) is 13.8 Å². The number of hydrogen-bond donors (Lipinski definition) is 6. The molecule has 6 atom stereocenters. The predicted molar refractivity (Wildman–Crippen MR) is 257 cm³/mol. The maximum Gasteiger partial charge on any atom is 0.472 e. The van der Waals surface area contributed by atoms with Crippen LogP contribution >= 0.6 is 7.82 Å². The lowest BCUT2D eigenvalue weighted by molar-refractivity contribution is -0.220. The van der Waals surface area contributed by atoms with Crippen molar-refractivity contribution < 1.29 is 58.3 Å². The third-order valence-electron chi connectivity index (χ3n) is 10.4. The Balaban J connectivity index is 2.43. The Hall–Kier alpha value is -2.74. The number of allylic oxidation sites excluding steroid dienone is 16. The number of ether oxygens (including phenoxy) is 2. The SMILES string of the molecule is CC/C=C\C/C=C\C/C=C\C/C=C\C/C=C\CCCC(=O)OC(COCCCCCCCCC/C=C\C/C=C\C/C=C\CCCCC)COP(=O)(O)OC1C(O)C(O)C(O)C(O)C1O. The highest BCUT2D eigenvalue weighted by atomic mass is 31.2. The fraction of sp³-hybridized carbons (Fsp3) is 0.667. The van der Waals surface area contributed by atoms with Crippen LogP contribution in [-0.4, -0.2) is 98.9 Å². The maximum absolute atomic E-state index is 12.8. The molecule has 0 saturated heterocycles. The molecule has 6 N–H and O–H groups in total. The summed E-state index contributed by atoms with van der Waals surface area (Å²) in [7, 11) is -5.05. The van der Waals surface area contributed by atoms with E-state index in [0.717, 1.165) is 77.0 Å². The Morgan fingerprint density at radius 3 is 1.41 bits per heavy atom. The first kappa shape index (κ1) is 59.3. The zero-order valence-corrected chi connectivity index (χ0v) is 39.9. The van der Waals surface area contributed by atoms with Gasteiger partial charge in [0.25, 0.3) is 0 Å². The molecule has 0 amide bonds. The molecule has 1 rings (SSSR count). The monoisotopic (exact) mass is 921 g/mol. The van der Waals surface area contributed by atoms with E-state index in [4.69, 9.17) is 18.5 Å². The summed E-state index contributed by atoms with van der Waals surface area (Å²) in [5.41, 5.74) is 0. The van der Waals surface area contributed by atoms with Gasteiger partial charge < -0.3 is 39.9 Å². The number of unbranched alkanes of at least 4 members (excludes halogenated alkanes) is 11. The molecule has 0 aliphatic heterocycles. The van der Waals surface area contributed by atoms with Crippen molar-refractivity contribution in [1.82, 2.24) is 0 Å². The van der Waals surface area contributed by atoms with E-state index >= 15 is 0 Å². The molecule has 64 heavy (non-hydrogen) atoms. The van der Waals surface area contributed by atoms with Crippen molar-refractivity contribution in [3.8, 4) is 0 Å². The van der Waals surface area contributed by atoms with Crippen LogP contribution in [0.25, 0.3) is 0 Å². The molecule has 0 aromatic rings. The van der Waals surface area contributed by atoms with Crippen molar-refractivity contribution >= 4 is 13.8 Å². The summed E-state index contributed by atoms with van der Waals surface area (Å²) in [5.74, 6) is -0.541. The number of aliphatic hydroxyl groups is 5. The Bertz CT molecular complexity index is 1420. The summed E-state index contributed by atoms with van der Waals surface area (Å²) < 4.78 is 34.2. The molecule has 0 radical (unpaired) electrons. The van der Waals surface area contributed by atoms with Crippen molar-refractivity contribution in [2.45, 2.75) is 198 Å². The number of aliphatic hydroxyl groups excluding tert-OH is 5. The molecule has 0 aromatic carbocycles. The first-order chi connectivity index (χ1) is 31.0. The molecular formula is C51H85O12P. The second kappa shape index (κ2) is 40.5. The number of carbonyl (C=O) groups excluding carboxylic acids is 1. The first-order valence-corrected chi connectivity index (χ1v) is 25.6. The maximum atomic E-state index is 12.8. The zero-order valence-electron chi connectivity index (χ0n) is 39.0. The third kappa shape index (κ3) is 32.0. The fourth-order valence-corrected chi connectivity index (χ4v) is 7.60. The molecule has 0 aromatic heterocycles. The highest BCUT2D eigenvalue weighted by molar-refractivity contribution is 7.47. The average Bonchev–Trinajstić information content (AvgIpc) is 3.28. The van der Waals surface area contributed by atoms with E-state index in [0.29, 0.717) is 19.4 Å².